The highest BCUT2D eigenvalue weighted by Gasteiger charge is 2.52. The average Bonchev–Trinajstić information content (AvgIpc) is 2.95. The third-order valence-electron chi connectivity index (χ3n) is 6.22. The molecular weight excluding hydrogens is 389 g/mol. The largest absolute Gasteiger partial charge is 0.498 e. The van der Waals surface area contributed by atoms with E-state index >= 15 is 0 Å². The highest BCUT2D eigenvalue weighted by Crippen LogP contribution is 2.36. The summed E-state index contributed by atoms with van der Waals surface area (Å²) in [6.45, 7) is 8.32. The predicted octanol–water partition coefficient (Wildman–Crippen LogP) is 0.279. The lowest BCUT2D eigenvalue weighted by atomic mass is 9.81. The van der Waals surface area contributed by atoms with Crippen LogP contribution in [0, 0.1) is 0 Å². The quantitative estimate of drug-likeness (QED) is 0.604. The second-order valence-corrected chi connectivity index (χ2v) is 8.90. The standard InChI is InChI=1S/C20H32BN3O6/c1-19(2)20(3,4)30-21(29-19)14-11-22-18(23-12-14)28-10-8-15-7-5-6-9-24(15)17(27)16(26)13-25/h11-12,15-16,25-26H,5-10,13H2,1-4H3/t15-,16+/m1/s1. The number of ether oxygens (including phenoxy) is 1. The number of carbonyl (C=O) groups excluding carboxylic acids is 1. The number of aromatic nitrogens is 2. The maximum Gasteiger partial charge on any atom is 0.498 e. The van der Waals surface area contributed by atoms with Crippen molar-refractivity contribution in [1.29, 1.82) is 0 Å². The molecule has 1 aromatic heterocycles. The molecule has 2 atom stereocenters. The molecule has 30 heavy (non-hydrogen) atoms. The van der Waals surface area contributed by atoms with Crippen LogP contribution in [0.2, 0.25) is 0 Å². The topological polar surface area (TPSA) is 114 Å². The monoisotopic (exact) mass is 421 g/mol. The molecule has 3 heterocycles. The van der Waals surface area contributed by atoms with E-state index in [-0.39, 0.29) is 12.1 Å². The van der Waals surface area contributed by atoms with E-state index in [0.29, 0.717) is 19.6 Å². The molecule has 0 aromatic carbocycles. The van der Waals surface area contributed by atoms with Gasteiger partial charge in [0.25, 0.3) is 5.91 Å². The van der Waals surface area contributed by atoms with Gasteiger partial charge in [0.05, 0.1) is 24.4 Å². The van der Waals surface area contributed by atoms with Crippen LogP contribution in [0.15, 0.2) is 12.4 Å². The second kappa shape index (κ2) is 9.17. The van der Waals surface area contributed by atoms with Crippen LogP contribution in [0.5, 0.6) is 6.01 Å². The number of nitrogens with zero attached hydrogens (tertiary/aromatic N) is 3. The van der Waals surface area contributed by atoms with Crippen LogP contribution >= 0.6 is 0 Å². The van der Waals surface area contributed by atoms with Gasteiger partial charge in [0.1, 0.15) is 0 Å². The molecular formula is C20H32BN3O6. The minimum Gasteiger partial charge on any atom is -0.463 e. The van der Waals surface area contributed by atoms with Gasteiger partial charge in [0, 0.05) is 36.9 Å². The smallest absolute Gasteiger partial charge is 0.463 e. The number of aliphatic hydroxyl groups excluding tert-OH is 2. The summed E-state index contributed by atoms with van der Waals surface area (Å²) in [6, 6.07) is 0.218. The van der Waals surface area contributed by atoms with E-state index in [1.165, 1.54) is 0 Å². The number of piperidine rings is 1. The van der Waals surface area contributed by atoms with Gasteiger partial charge in [-0.25, -0.2) is 9.97 Å². The lowest BCUT2D eigenvalue weighted by Crippen LogP contribution is -2.49. The fourth-order valence-electron chi connectivity index (χ4n) is 3.65. The fraction of sp³-hybridized carbons (Fsp3) is 0.750. The zero-order valence-electron chi connectivity index (χ0n) is 18.2. The predicted molar refractivity (Wildman–Crippen MR) is 110 cm³/mol. The van der Waals surface area contributed by atoms with Crippen molar-refractivity contribution in [2.75, 3.05) is 19.8 Å². The molecule has 0 saturated carbocycles. The van der Waals surface area contributed by atoms with Crippen LogP contribution < -0.4 is 10.2 Å². The summed E-state index contributed by atoms with van der Waals surface area (Å²) >= 11 is 0. The highest BCUT2D eigenvalue weighted by molar-refractivity contribution is 6.61. The number of amides is 1. The molecule has 0 radical (unpaired) electrons. The van der Waals surface area contributed by atoms with Crippen molar-refractivity contribution in [3.63, 3.8) is 0 Å². The van der Waals surface area contributed by atoms with Gasteiger partial charge in [-0.2, -0.15) is 0 Å². The molecule has 0 unspecified atom stereocenters. The van der Waals surface area contributed by atoms with E-state index in [1.807, 2.05) is 27.7 Å². The van der Waals surface area contributed by atoms with Crippen molar-refractivity contribution in [2.45, 2.75) is 76.7 Å². The Kier molecular flexibility index (Phi) is 7.01. The maximum absolute atomic E-state index is 12.3. The van der Waals surface area contributed by atoms with Gasteiger partial charge >= 0.3 is 13.1 Å². The van der Waals surface area contributed by atoms with Gasteiger partial charge < -0.3 is 29.2 Å². The average molecular weight is 421 g/mol. The third kappa shape index (κ3) is 4.93. The first-order chi connectivity index (χ1) is 14.1. The molecule has 0 bridgehead atoms. The van der Waals surface area contributed by atoms with Gasteiger partial charge in [-0.15, -0.1) is 0 Å². The summed E-state index contributed by atoms with van der Waals surface area (Å²) in [5, 5.41) is 18.7. The van der Waals surface area contributed by atoms with Crippen LogP contribution in [0.4, 0.5) is 0 Å². The van der Waals surface area contributed by atoms with Crippen molar-refractivity contribution in [3.05, 3.63) is 12.4 Å². The molecule has 2 saturated heterocycles. The van der Waals surface area contributed by atoms with Crippen molar-refractivity contribution in [1.82, 2.24) is 14.9 Å². The summed E-state index contributed by atoms with van der Waals surface area (Å²) in [7, 11) is -0.524. The van der Waals surface area contributed by atoms with Crippen LogP contribution in [-0.4, -0.2) is 81.2 Å². The molecule has 0 aliphatic carbocycles. The van der Waals surface area contributed by atoms with Crippen LogP contribution in [-0.2, 0) is 14.1 Å². The van der Waals surface area contributed by atoms with E-state index in [4.69, 9.17) is 19.2 Å². The minimum absolute atomic E-state index is 0.0310. The zero-order valence-corrected chi connectivity index (χ0v) is 18.2. The Morgan fingerprint density at radius 2 is 1.90 bits per heavy atom. The Hall–Kier alpha value is -1.75. The minimum atomic E-state index is -1.36. The molecule has 166 valence electrons. The Balaban J connectivity index is 1.52. The first-order valence-electron chi connectivity index (χ1n) is 10.5. The van der Waals surface area contributed by atoms with E-state index in [0.717, 1.165) is 24.7 Å². The third-order valence-corrected chi connectivity index (χ3v) is 6.22. The van der Waals surface area contributed by atoms with Crippen LogP contribution in [0.1, 0.15) is 53.4 Å². The number of hydrogen-bond donors (Lipinski definition) is 2. The molecule has 1 aromatic rings. The summed E-state index contributed by atoms with van der Waals surface area (Å²) in [5.41, 5.74) is -0.137. The SMILES string of the molecule is CC1(C)OB(c2cnc(OCC[C@H]3CCCCN3C(=O)[C@@H](O)CO)nc2)OC1(C)C. The molecule has 0 spiro atoms. The van der Waals surface area contributed by atoms with E-state index < -0.39 is 36.9 Å². The van der Waals surface area contributed by atoms with Gasteiger partial charge in [0.2, 0.25) is 0 Å². The molecule has 3 rings (SSSR count). The molecule has 2 aliphatic rings. The van der Waals surface area contributed by atoms with E-state index in [1.54, 1.807) is 17.3 Å². The molecule has 2 aliphatic heterocycles. The van der Waals surface area contributed by atoms with Crippen molar-refractivity contribution < 1.29 is 29.1 Å². The summed E-state index contributed by atoms with van der Waals surface area (Å²) in [6.07, 6.45) is 5.27. The lowest BCUT2D eigenvalue weighted by molar-refractivity contribution is -0.146. The number of aliphatic hydroxyl groups is 2. The summed E-state index contributed by atoms with van der Waals surface area (Å²) in [5.74, 6) is -0.426. The Labute approximate surface area is 177 Å². The molecule has 2 N–H and O–H groups in total. The fourth-order valence-corrected chi connectivity index (χ4v) is 3.65. The summed E-state index contributed by atoms with van der Waals surface area (Å²) < 4.78 is 17.7. The Morgan fingerprint density at radius 1 is 1.27 bits per heavy atom. The van der Waals surface area contributed by atoms with Crippen molar-refractivity contribution in [2.24, 2.45) is 0 Å². The molecule has 10 heteroatoms. The maximum atomic E-state index is 12.3. The van der Waals surface area contributed by atoms with E-state index in [9.17, 15) is 9.90 Å². The van der Waals surface area contributed by atoms with Gasteiger partial charge in [-0.1, -0.05) is 0 Å². The lowest BCUT2D eigenvalue weighted by Gasteiger charge is -2.36. The number of carbonyl (C=O) groups is 1. The molecule has 9 nitrogen and oxygen atoms in total. The number of hydrogen-bond acceptors (Lipinski definition) is 8. The Morgan fingerprint density at radius 3 is 2.50 bits per heavy atom. The normalized spacial score (nSPS) is 24.0. The van der Waals surface area contributed by atoms with Crippen molar-refractivity contribution >= 4 is 18.5 Å². The molecule has 1 amide bonds. The van der Waals surface area contributed by atoms with Gasteiger partial charge in [-0.05, 0) is 47.0 Å². The number of rotatable bonds is 7. The molecule has 2 fully saturated rings. The van der Waals surface area contributed by atoms with Gasteiger partial charge in [-0.3, -0.25) is 4.79 Å². The van der Waals surface area contributed by atoms with Crippen molar-refractivity contribution in [3.8, 4) is 6.01 Å². The van der Waals surface area contributed by atoms with Crippen LogP contribution in [0.3, 0.4) is 0 Å². The number of likely N-dealkylation sites (tertiary alicyclic amines) is 1. The van der Waals surface area contributed by atoms with E-state index in [2.05, 4.69) is 9.97 Å². The Bertz CT molecular complexity index is 714. The zero-order chi connectivity index (χ0) is 21.9. The second-order valence-electron chi connectivity index (χ2n) is 8.90. The van der Waals surface area contributed by atoms with Crippen LogP contribution in [0.25, 0.3) is 0 Å². The first kappa shape index (κ1) is 22.9. The summed E-state index contributed by atoms with van der Waals surface area (Å²) in [4.78, 5) is 22.4. The first-order valence-corrected chi connectivity index (χ1v) is 10.5. The highest BCUT2D eigenvalue weighted by atomic mass is 16.7. The van der Waals surface area contributed by atoms with Gasteiger partial charge in [0.15, 0.2) is 6.10 Å².